The number of hydrogen-bond donors (Lipinski definition) is 0. The summed E-state index contributed by atoms with van der Waals surface area (Å²) in [6.45, 7) is 1.85. The third-order valence-corrected chi connectivity index (χ3v) is 4.92. The average molecular weight is 351 g/mol. The van der Waals surface area contributed by atoms with Crippen LogP contribution in [0, 0.1) is 0 Å². The summed E-state index contributed by atoms with van der Waals surface area (Å²) < 4.78 is 0. The van der Waals surface area contributed by atoms with E-state index in [0.29, 0.717) is 15.8 Å². The Balaban J connectivity index is 2.25. The average Bonchev–Trinajstić information content (AvgIpc) is 2.51. The topological polar surface area (TPSA) is 17.1 Å². The van der Waals surface area contributed by atoms with Crippen LogP contribution in [0.15, 0.2) is 60.7 Å². The van der Waals surface area contributed by atoms with Crippen molar-refractivity contribution in [3.05, 3.63) is 81.9 Å². The van der Waals surface area contributed by atoms with Gasteiger partial charge in [-0.1, -0.05) is 53.5 Å². The van der Waals surface area contributed by atoms with Crippen LogP contribution in [0.3, 0.4) is 0 Å². The van der Waals surface area contributed by atoms with Crippen molar-refractivity contribution in [1.29, 1.82) is 0 Å². The fourth-order valence-corrected chi connectivity index (χ4v) is 3.44. The Labute approximate surface area is 145 Å². The number of carbonyl (C=O) groups is 1. The van der Waals surface area contributed by atoms with Crippen molar-refractivity contribution in [2.45, 2.75) is 12.2 Å². The van der Waals surface area contributed by atoms with Crippen LogP contribution in [0.5, 0.6) is 0 Å². The largest absolute Gasteiger partial charge is 0.294 e. The molecular weight excluding hydrogens is 335 g/mol. The van der Waals surface area contributed by atoms with Gasteiger partial charge in [0.25, 0.3) is 0 Å². The number of benzene rings is 2. The maximum atomic E-state index is 11.8. The number of ketones is 1. The number of allylic oxidation sites excluding steroid dienone is 2. The number of thioether (sulfide) groups is 1. The second kappa shape index (κ2) is 8.42. The molecule has 0 N–H and O–H groups in total. The first-order valence-electron chi connectivity index (χ1n) is 6.88. The molecule has 2 rings (SSSR count). The van der Waals surface area contributed by atoms with Gasteiger partial charge in [-0.2, -0.15) is 0 Å². The summed E-state index contributed by atoms with van der Waals surface area (Å²) in [7, 11) is 0. The summed E-state index contributed by atoms with van der Waals surface area (Å²) >= 11 is 13.5. The van der Waals surface area contributed by atoms with Crippen LogP contribution in [0.4, 0.5) is 0 Å². The van der Waals surface area contributed by atoms with Gasteiger partial charge in [0.1, 0.15) is 0 Å². The summed E-state index contributed by atoms with van der Waals surface area (Å²) in [6.07, 6.45) is 3.37. The molecule has 0 heterocycles. The minimum Gasteiger partial charge on any atom is -0.294 e. The van der Waals surface area contributed by atoms with Crippen molar-refractivity contribution < 1.29 is 4.79 Å². The molecule has 22 heavy (non-hydrogen) atoms. The van der Waals surface area contributed by atoms with Gasteiger partial charge in [-0.3, -0.25) is 4.79 Å². The molecule has 0 aliphatic rings. The van der Waals surface area contributed by atoms with Crippen molar-refractivity contribution in [2.24, 2.45) is 0 Å². The van der Waals surface area contributed by atoms with Crippen molar-refractivity contribution in [2.75, 3.05) is 5.75 Å². The van der Waals surface area contributed by atoms with Crippen LogP contribution in [-0.4, -0.2) is 11.5 Å². The third kappa shape index (κ3) is 4.91. The maximum Gasteiger partial charge on any atom is 0.165 e. The van der Waals surface area contributed by atoms with Crippen molar-refractivity contribution >= 4 is 40.7 Å². The molecule has 0 unspecified atom stereocenters. The fraction of sp³-hybridized carbons (Fsp3) is 0.167. The highest BCUT2D eigenvalue weighted by molar-refractivity contribution is 8.00. The normalized spacial score (nSPS) is 11.3. The molecule has 0 aliphatic carbocycles. The quantitative estimate of drug-likeness (QED) is 0.597. The molecule has 2 aromatic carbocycles. The Hall–Kier alpha value is -1.22. The van der Waals surface area contributed by atoms with Gasteiger partial charge < -0.3 is 0 Å². The molecule has 0 saturated carbocycles. The summed E-state index contributed by atoms with van der Waals surface area (Å²) in [6, 6.07) is 15.5. The minimum absolute atomic E-state index is 0.0729. The van der Waals surface area contributed by atoms with Crippen LogP contribution >= 0.6 is 35.0 Å². The Morgan fingerprint density at radius 2 is 1.45 bits per heavy atom. The van der Waals surface area contributed by atoms with Crippen molar-refractivity contribution in [3.63, 3.8) is 0 Å². The molecule has 0 bridgehead atoms. The molecule has 0 fully saturated rings. The Bertz CT molecular complexity index is 602. The Morgan fingerprint density at radius 1 is 1.00 bits per heavy atom. The smallest absolute Gasteiger partial charge is 0.165 e. The number of hydrogen-bond acceptors (Lipinski definition) is 2. The lowest BCUT2D eigenvalue weighted by molar-refractivity contribution is -0.112. The standard InChI is InChI=1S/C18H16Cl2OS/c1-2-3-17(21)12-22-18(13-4-8-15(19)9-5-13)14-6-10-16(20)11-7-14/h2-11,18H,12H2,1H3. The molecule has 0 atom stereocenters. The lowest BCUT2D eigenvalue weighted by Crippen LogP contribution is -2.03. The minimum atomic E-state index is 0.0729. The fourth-order valence-electron chi connectivity index (χ4n) is 2.06. The molecule has 2 aromatic rings. The zero-order valence-corrected chi connectivity index (χ0v) is 14.5. The zero-order chi connectivity index (χ0) is 15.9. The summed E-state index contributed by atoms with van der Waals surface area (Å²) in [5.74, 6) is 0.542. The van der Waals surface area contributed by atoms with Crippen LogP contribution in [-0.2, 0) is 4.79 Å². The van der Waals surface area contributed by atoms with Crippen molar-refractivity contribution in [1.82, 2.24) is 0 Å². The van der Waals surface area contributed by atoms with Gasteiger partial charge in [-0.05, 0) is 48.4 Å². The second-order valence-electron chi connectivity index (χ2n) is 4.76. The van der Waals surface area contributed by atoms with E-state index < -0.39 is 0 Å². The molecule has 0 saturated heterocycles. The van der Waals surface area contributed by atoms with Gasteiger partial charge in [-0.15, -0.1) is 11.8 Å². The molecule has 4 heteroatoms. The third-order valence-electron chi connectivity index (χ3n) is 3.09. The molecule has 0 amide bonds. The SMILES string of the molecule is CC=CC(=O)CSC(c1ccc(Cl)cc1)c1ccc(Cl)cc1. The first kappa shape index (κ1) is 17.1. The maximum absolute atomic E-state index is 11.8. The van der Waals surface area contributed by atoms with E-state index in [1.165, 1.54) is 0 Å². The van der Waals surface area contributed by atoms with Gasteiger partial charge in [0.05, 0.1) is 11.0 Å². The van der Waals surface area contributed by atoms with Gasteiger partial charge in [0.2, 0.25) is 0 Å². The highest BCUT2D eigenvalue weighted by atomic mass is 35.5. The molecule has 0 spiro atoms. The lowest BCUT2D eigenvalue weighted by atomic mass is 10.0. The van der Waals surface area contributed by atoms with Gasteiger partial charge in [-0.25, -0.2) is 0 Å². The number of rotatable bonds is 6. The van der Waals surface area contributed by atoms with E-state index in [1.54, 1.807) is 23.9 Å². The summed E-state index contributed by atoms with van der Waals surface area (Å²) in [4.78, 5) is 11.8. The van der Waals surface area contributed by atoms with Crippen LogP contribution < -0.4 is 0 Å². The molecule has 0 aliphatic heterocycles. The van der Waals surface area contributed by atoms with E-state index in [0.717, 1.165) is 11.1 Å². The molecule has 0 radical (unpaired) electrons. The number of carbonyl (C=O) groups excluding carboxylic acids is 1. The van der Waals surface area contributed by atoms with E-state index >= 15 is 0 Å². The van der Waals surface area contributed by atoms with Gasteiger partial charge in [0, 0.05) is 10.0 Å². The molecule has 0 aromatic heterocycles. The Kier molecular flexibility index (Phi) is 6.56. The van der Waals surface area contributed by atoms with E-state index in [2.05, 4.69) is 0 Å². The van der Waals surface area contributed by atoms with Crippen LogP contribution in [0.25, 0.3) is 0 Å². The van der Waals surface area contributed by atoms with Gasteiger partial charge >= 0.3 is 0 Å². The van der Waals surface area contributed by atoms with Gasteiger partial charge in [0.15, 0.2) is 5.78 Å². The highest BCUT2D eigenvalue weighted by Crippen LogP contribution is 2.36. The summed E-state index contributed by atoms with van der Waals surface area (Å²) in [5, 5.41) is 1.48. The van der Waals surface area contributed by atoms with E-state index in [-0.39, 0.29) is 11.0 Å². The Morgan fingerprint density at radius 3 is 1.86 bits per heavy atom. The highest BCUT2D eigenvalue weighted by Gasteiger charge is 2.16. The first-order chi connectivity index (χ1) is 10.6. The second-order valence-corrected chi connectivity index (χ2v) is 6.73. The summed E-state index contributed by atoms with van der Waals surface area (Å²) in [5.41, 5.74) is 2.23. The van der Waals surface area contributed by atoms with E-state index in [9.17, 15) is 4.79 Å². The zero-order valence-electron chi connectivity index (χ0n) is 12.1. The molecule has 114 valence electrons. The molecular formula is C18H16Cl2OS. The predicted molar refractivity (Wildman–Crippen MR) is 97.0 cm³/mol. The molecule has 1 nitrogen and oxygen atoms in total. The van der Waals surface area contributed by atoms with Crippen molar-refractivity contribution in [3.8, 4) is 0 Å². The number of halogens is 2. The first-order valence-corrected chi connectivity index (χ1v) is 8.68. The lowest BCUT2D eigenvalue weighted by Gasteiger charge is -2.17. The van der Waals surface area contributed by atoms with Crippen LogP contribution in [0.1, 0.15) is 23.3 Å². The van der Waals surface area contributed by atoms with E-state index in [4.69, 9.17) is 23.2 Å². The monoisotopic (exact) mass is 350 g/mol. The predicted octanol–water partition coefficient (Wildman–Crippen LogP) is 5.96. The van der Waals surface area contributed by atoms with Crippen LogP contribution in [0.2, 0.25) is 10.0 Å². The van der Waals surface area contributed by atoms with E-state index in [1.807, 2.05) is 55.5 Å².